The highest BCUT2D eigenvalue weighted by Gasteiger charge is 2.17. The first-order chi connectivity index (χ1) is 14.1. The summed E-state index contributed by atoms with van der Waals surface area (Å²) in [5, 5.41) is 8.11. The van der Waals surface area contributed by atoms with E-state index in [2.05, 4.69) is 44.4 Å². The van der Waals surface area contributed by atoms with Crippen molar-refractivity contribution in [3.05, 3.63) is 83.6 Å². The van der Waals surface area contributed by atoms with Crippen LogP contribution in [0.25, 0.3) is 10.9 Å². The van der Waals surface area contributed by atoms with Crippen LogP contribution in [0.5, 0.6) is 0 Å². The van der Waals surface area contributed by atoms with Crippen LogP contribution in [-0.2, 0) is 24.3 Å². The molecule has 4 rings (SSSR count). The van der Waals surface area contributed by atoms with Crippen LogP contribution in [0.1, 0.15) is 35.7 Å². The highest BCUT2D eigenvalue weighted by atomic mass is 16.5. The number of nitrogens with one attached hydrogen (secondary N) is 1. The maximum Gasteiger partial charge on any atom is 0.231 e. The van der Waals surface area contributed by atoms with Crippen molar-refractivity contribution in [3.63, 3.8) is 0 Å². The van der Waals surface area contributed by atoms with Crippen LogP contribution < -0.4 is 5.32 Å². The van der Waals surface area contributed by atoms with E-state index in [4.69, 9.17) is 4.52 Å². The highest BCUT2D eigenvalue weighted by Crippen LogP contribution is 2.21. The average molecular weight is 388 g/mol. The minimum atomic E-state index is -0.121. The van der Waals surface area contributed by atoms with Crippen LogP contribution >= 0.6 is 0 Å². The molecule has 0 saturated carbocycles. The van der Waals surface area contributed by atoms with Crippen molar-refractivity contribution < 1.29 is 9.32 Å². The predicted octanol–water partition coefficient (Wildman–Crippen LogP) is 4.00. The summed E-state index contributed by atoms with van der Waals surface area (Å²) in [5.41, 5.74) is 3.43. The number of fused-ring (bicyclic) bond motifs is 1. The summed E-state index contributed by atoms with van der Waals surface area (Å²) in [7, 11) is 0. The second-order valence-corrected chi connectivity index (χ2v) is 7.36. The topological polar surface area (TPSA) is 73.0 Å². The van der Waals surface area contributed by atoms with E-state index in [0.717, 1.165) is 17.7 Å². The van der Waals surface area contributed by atoms with Gasteiger partial charge in [-0.05, 0) is 35.6 Å². The van der Waals surface area contributed by atoms with E-state index in [1.807, 2.05) is 50.2 Å². The summed E-state index contributed by atoms with van der Waals surface area (Å²) in [4.78, 5) is 16.7. The number of nitrogens with zero attached hydrogens (tertiary/aromatic N) is 3. The Balaban J connectivity index is 1.35. The Bertz CT molecular complexity index is 1130. The van der Waals surface area contributed by atoms with Crippen LogP contribution in [0.2, 0.25) is 0 Å². The van der Waals surface area contributed by atoms with Gasteiger partial charge in [0.2, 0.25) is 11.8 Å². The Kier molecular flexibility index (Phi) is 5.42. The molecule has 0 bridgehead atoms. The average Bonchev–Trinajstić information content (AvgIpc) is 3.35. The van der Waals surface area contributed by atoms with Crippen molar-refractivity contribution in [3.8, 4) is 0 Å². The quantitative estimate of drug-likeness (QED) is 0.519. The molecule has 0 aliphatic heterocycles. The first-order valence-electron chi connectivity index (χ1n) is 9.77. The summed E-state index contributed by atoms with van der Waals surface area (Å²) in [6.07, 6.45) is 2.17. The predicted molar refractivity (Wildman–Crippen MR) is 111 cm³/mol. The molecule has 2 aromatic carbocycles. The van der Waals surface area contributed by atoms with Crippen LogP contribution in [-0.4, -0.2) is 20.6 Å². The number of aromatic nitrogens is 3. The number of amides is 1. The van der Waals surface area contributed by atoms with Crippen molar-refractivity contribution in [2.45, 2.75) is 39.3 Å². The number of hydrogen-bond donors (Lipinski definition) is 1. The molecule has 0 saturated heterocycles. The Morgan fingerprint density at radius 2 is 1.93 bits per heavy atom. The van der Waals surface area contributed by atoms with Gasteiger partial charge in [0.15, 0.2) is 5.82 Å². The third-order valence-electron chi connectivity index (χ3n) is 5.11. The molecule has 1 N–H and O–H groups in total. The highest BCUT2D eigenvalue weighted by molar-refractivity contribution is 5.80. The summed E-state index contributed by atoms with van der Waals surface area (Å²) >= 11 is 0. The Morgan fingerprint density at radius 3 is 2.79 bits per heavy atom. The lowest BCUT2D eigenvalue weighted by atomic mass is 10.1. The number of benzene rings is 2. The third-order valence-corrected chi connectivity index (χ3v) is 5.11. The lowest BCUT2D eigenvalue weighted by Gasteiger charge is -2.09. The summed E-state index contributed by atoms with van der Waals surface area (Å²) in [6, 6.07) is 18.3. The molecule has 148 valence electrons. The zero-order chi connectivity index (χ0) is 20.2. The van der Waals surface area contributed by atoms with Gasteiger partial charge in [-0.25, -0.2) is 0 Å². The molecule has 2 heterocycles. The van der Waals surface area contributed by atoms with Crippen LogP contribution in [0.15, 0.2) is 65.3 Å². The first kappa shape index (κ1) is 18.9. The van der Waals surface area contributed by atoms with Gasteiger partial charge in [-0.3, -0.25) is 4.79 Å². The van der Waals surface area contributed by atoms with E-state index in [9.17, 15) is 4.79 Å². The van der Waals surface area contributed by atoms with E-state index in [1.54, 1.807) is 0 Å². The van der Waals surface area contributed by atoms with Gasteiger partial charge in [-0.15, -0.1) is 0 Å². The van der Waals surface area contributed by atoms with Gasteiger partial charge in [0.1, 0.15) is 0 Å². The molecule has 6 nitrogen and oxygen atoms in total. The number of carbonyl (C=O) groups is 1. The number of hydrogen-bond acceptors (Lipinski definition) is 4. The van der Waals surface area contributed by atoms with Crippen molar-refractivity contribution in [1.82, 2.24) is 20.0 Å². The normalized spacial score (nSPS) is 12.2. The third kappa shape index (κ3) is 4.37. The smallest absolute Gasteiger partial charge is 0.231 e. The zero-order valence-corrected chi connectivity index (χ0v) is 16.6. The summed E-state index contributed by atoms with van der Waals surface area (Å²) in [5.74, 6) is 0.878. The molecule has 4 aromatic rings. The van der Waals surface area contributed by atoms with Crippen molar-refractivity contribution in [1.29, 1.82) is 0 Å². The molecule has 0 fully saturated rings. The fourth-order valence-electron chi connectivity index (χ4n) is 3.42. The second kappa shape index (κ2) is 8.31. The Hall–Kier alpha value is -3.41. The van der Waals surface area contributed by atoms with Crippen LogP contribution in [0, 0.1) is 6.92 Å². The van der Waals surface area contributed by atoms with Crippen molar-refractivity contribution >= 4 is 16.8 Å². The van der Waals surface area contributed by atoms with Crippen molar-refractivity contribution in [2.75, 3.05) is 0 Å². The summed E-state index contributed by atoms with van der Waals surface area (Å²) in [6.45, 7) is 5.30. The maximum absolute atomic E-state index is 12.2. The molecule has 1 amide bonds. The van der Waals surface area contributed by atoms with Gasteiger partial charge in [-0.2, -0.15) is 4.98 Å². The second-order valence-electron chi connectivity index (χ2n) is 7.36. The number of carbonyl (C=O) groups excluding carboxylic acids is 1. The SMILES string of the molecule is Cc1ccccc1CNC(=O)Cc1noc(C(C)Cn2ccc3ccccc32)n1. The molecule has 1 atom stereocenters. The molecular weight excluding hydrogens is 364 g/mol. The first-order valence-corrected chi connectivity index (χ1v) is 9.77. The molecule has 0 spiro atoms. The standard InChI is InChI=1S/C23H24N4O2/c1-16-7-3-4-9-19(16)14-24-22(28)13-21-25-23(29-26-21)17(2)15-27-12-11-18-8-5-6-10-20(18)27/h3-12,17H,13-15H2,1-2H3,(H,24,28). The molecule has 0 radical (unpaired) electrons. The minimum absolute atomic E-state index is 0.0436. The van der Waals surface area contributed by atoms with E-state index in [0.29, 0.717) is 18.3 Å². The minimum Gasteiger partial charge on any atom is -0.352 e. The molecule has 0 aliphatic carbocycles. The van der Waals surface area contributed by atoms with Gasteiger partial charge in [0.05, 0.1) is 12.3 Å². The Labute approximate surface area is 169 Å². The molecule has 6 heteroatoms. The number of aryl methyl sites for hydroxylation is 1. The van der Waals surface area contributed by atoms with E-state index >= 15 is 0 Å². The zero-order valence-electron chi connectivity index (χ0n) is 16.6. The molecule has 0 aliphatic rings. The van der Waals surface area contributed by atoms with E-state index in [1.165, 1.54) is 10.9 Å². The molecule has 1 unspecified atom stereocenters. The molecule has 2 aromatic heterocycles. The van der Waals surface area contributed by atoms with Gasteiger partial charge >= 0.3 is 0 Å². The molecule has 29 heavy (non-hydrogen) atoms. The molecular formula is C23H24N4O2. The fraction of sp³-hybridized carbons (Fsp3) is 0.261. The maximum atomic E-state index is 12.2. The van der Waals surface area contributed by atoms with Gasteiger partial charge in [0, 0.05) is 24.8 Å². The fourth-order valence-corrected chi connectivity index (χ4v) is 3.42. The Morgan fingerprint density at radius 1 is 1.14 bits per heavy atom. The summed E-state index contributed by atoms with van der Waals surface area (Å²) < 4.78 is 7.59. The lowest BCUT2D eigenvalue weighted by molar-refractivity contribution is -0.120. The van der Waals surface area contributed by atoms with Gasteiger partial charge in [-0.1, -0.05) is 54.5 Å². The number of rotatable bonds is 7. The van der Waals surface area contributed by atoms with Gasteiger partial charge in [0.25, 0.3) is 0 Å². The van der Waals surface area contributed by atoms with Crippen LogP contribution in [0.3, 0.4) is 0 Å². The van der Waals surface area contributed by atoms with E-state index in [-0.39, 0.29) is 18.2 Å². The van der Waals surface area contributed by atoms with E-state index < -0.39 is 0 Å². The van der Waals surface area contributed by atoms with Gasteiger partial charge < -0.3 is 14.4 Å². The largest absolute Gasteiger partial charge is 0.352 e. The lowest BCUT2D eigenvalue weighted by Crippen LogP contribution is -2.25. The monoisotopic (exact) mass is 388 g/mol. The number of para-hydroxylation sites is 1. The van der Waals surface area contributed by atoms with Crippen molar-refractivity contribution in [2.24, 2.45) is 0 Å². The van der Waals surface area contributed by atoms with Crippen LogP contribution in [0.4, 0.5) is 0 Å².